The topological polar surface area (TPSA) is 25.8 Å². The van der Waals surface area contributed by atoms with E-state index in [2.05, 4.69) is 25.9 Å². The van der Waals surface area contributed by atoms with Crippen molar-refractivity contribution in [2.45, 2.75) is 6.92 Å². The van der Waals surface area contributed by atoms with E-state index in [1.165, 1.54) is 12.3 Å². The molecular weight excluding hydrogens is 339 g/mol. The quantitative estimate of drug-likeness (QED) is 0.645. The summed E-state index contributed by atoms with van der Waals surface area (Å²) in [6.45, 7) is 2.00. The van der Waals surface area contributed by atoms with Gasteiger partial charge < -0.3 is 0 Å². The first-order valence-corrected chi connectivity index (χ1v) is 7.60. The van der Waals surface area contributed by atoms with Crippen LogP contribution in [-0.4, -0.2) is 9.97 Å². The number of halogens is 2. The van der Waals surface area contributed by atoms with Crippen molar-refractivity contribution in [3.63, 3.8) is 0 Å². The Hall–Kier alpha value is -1.59. The molecule has 0 bridgehead atoms. The van der Waals surface area contributed by atoms with Gasteiger partial charge in [0.05, 0.1) is 11.9 Å². The highest BCUT2D eigenvalue weighted by Crippen LogP contribution is 2.32. The Morgan fingerprint density at radius 3 is 2.50 bits per heavy atom. The standard InChI is InChI=1S/C15H10BrFN2S/c1-9-14(13-7-6-12(17)8-18-13)19-15(20-9)10-2-4-11(16)5-3-10/h2-8H,1H3. The molecule has 0 N–H and O–H groups in total. The lowest BCUT2D eigenvalue weighted by Crippen LogP contribution is -1.86. The van der Waals surface area contributed by atoms with Crippen LogP contribution >= 0.6 is 27.3 Å². The molecule has 0 aliphatic rings. The Morgan fingerprint density at radius 2 is 1.85 bits per heavy atom. The second-order valence-corrected chi connectivity index (χ2v) is 6.41. The molecule has 0 fully saturated rings. The van der Waals surface area contributed by atoms with E-state index in [4.69, 9.17) is 0 Å². The van der Waals surface area contributed by atoms with Gasteiger partial charge in [-0.15, -0.1) is 11.3 Å². The van der Waals surface area contributed by atoms with Crippen LogP contribution in [0, 0.1) is 12.7 Å². The molecule has 5 heteroatoms. The molecule has 0 radical (unpaired) electrons. The van der Waals surface area contributed by atoms with Crippen LogP contribution in [-0.2, 0) is 0 Å². The number of hydrogen-bond acceptors (Lipinski definition) is 3. The minimum atomic E-state index is -0.338. The van der Waals surface area contributed by atoms with E-state index in [1.54, 1.807) is 17.4 Å². The van der Waals surface area contributed by atoms with E-state index in [0.29, 0.717) is 5.69 Å². The Balaban J connectivity index is 2.02. The van der Waals surface area contributed by atoms with Crippen LogP contribution in [0.3, 0.4) is 0 Å². The molecule has 2 nitrogen and oxygen atoms in total. The van der Waals surface area contributed by atoms with Gasteiger partial charge in [-0.05, 0) is 31.2 Å². The average Bonchev–Trinajstić information content (AvgIpc) is 2.82. The monoisotopic (exact) mass is 348 g/mol. The maximum Gasteiger partial charge on any atom is 0.141 e. The molecule has 100 valence electrons. The summed E-state index contributed by atoms with van der Waals surface area (Å²) in [4.78, 5) is 9.79. The third-order valence-electron chi connectivity index (χ3n) is 2.86. The Kier molecular flexibility index (Phi) is 3.63. The lowest BCUT2D eigenvalue weighted by Gasteiger charge is -1.97. The van der Waals surface area contributed by atoms with Crippen LogP contribution in [0.4, 0.5) is 4.39 Å². The molecule has 2 heterocycles. The number of nitrogens with zero attached hydrogens (tertiary/aromatic N) is 2. The predicted molar refractivity (Wildman–Crippen MR) is 83.2 cm³/mol. The summed E-state index contributed by atoms with van der Waals surface area (Å²) in [5.74, 6) is -0.338. The van der Waals surface area contributed by atoms with Crippen LogP contribution in [0.1, 0.15) is 4.88 Å². The smallest absolute Gasteiger partial charge is 0.141 e. The lowest BCUT2D eigenvalue weighted by molar-refractivity contribution is 0.622. The summed E-state index contributed by atoms with van der Waals surface area (Å²) < 4.78 is 14.0. The largest absolute Gasteiger partial charge is 0.252 e. The van der Waals surface area contributed by atoms with E-state index >= 15 is 0 Å². The van der Waals surface area contributed by atoms with Crippen LogP contribution in [0.2, 0.25) is 0 Å². The fourth-order valence-electron chi connectivity index (χ4n) is 1.87. The molecule has 1 aromatic carbocycles. The molecule has 3 rings (SSSR count). The van der Waals surface area contributed by atoms with E-state index in [0.717, 1.165) is 25.6 Å². The summed E-state index contributed by atoms with van der Waals surface area (Å²) in [7, 11) is 0. The van der Waals surface area contributed by atoms with Crippen molar-refractivity contribution in [2.24, 2.45) is 0 Å². The predicted octanol–water partition coefficient (Wildman–Crippen LogP) is 5.08. The molecule has 0 saturated heterocycles. The van der Waals surface area contributed by atoms with E-state index in [1.807, 2.05) is 31.2 Å². The van der Waals surface area contributed by atoms with Crippen molar-refractivity contribution in [3.05, 3.63) is 57.8 Å². The molecule has 0 unspecified atom stereocenters. The molecule has 0 saturated carbocycles. The van der Waals surface area contributed by atoms with E-state index < -0.39 is 0 Å². The van der Waals surface area contributed by atoms with Gasteiger partial charge in [-0.2, -0.15) is 0 Å². The SMILES string of the molecule is Cc1sc(-c2ccc(Br)cc2)nc1-c1ccc(F)cn1. The lowest BCUT2D eigenvalue weighted by atomic mass is 10.2. The van der Waals surface area contributed by atoms with Gasteiger partial charge in [-0.25, -0.2) is 9.37 Å². The maximum atomic E-state index is 12.9. The van der Waals surface area contributed by atoms with Gasteiger partial charge in [0, 0.05) is 14.9 Å². The van der Waals surface area contributed by atoms with Gasteiger partial charge in [0.25, 0.3) is 0 Å². The number of pyridine rings is 1. The van der Waals surface area contributed by atoms with Crippen molar-refractivity contribution >= 4 is 27.3 Å². The molecule has 0 atom stereocenters. The summed E-state index contributed by atoms with van der Waals surface area (Å²) in [6, 6.07) is 11.1. The van der Waals surface area contributed by atoms with Crippen molar-refractivity contribution in [1.82, 2.24) is 9.97 Å². The Labute approximate surface area is 128 Å². The van der Waals surface area contributed by atoms with Crippen molar-refractivity contribution < 1.29 is 4.39 Å². The summed E-state index contributed by atoms with van der Waals surface area (Å²) in [5, 5.41) is 0.941. The number of rotatable bonds is 2. The zero-order valence-corrected chi connectivity index (χ0v) is 13.0. The van der Waals surface area contributed by atoms with Crippen LogP contribution in [0.25, 0.3) is 22.0 Å². The van der Waals surface area contributed by atoms with Crippen molar-refractivity contribution in [2.75, 3.05) is 0 Å². The van der Waals surface area contributed by atoms with Gasteiger partial charge >= 0.3 is 0 Å². The fraction of sp³-hybridized carbons (Fsp3) is 0.0667. The maximum absolute atomic E-state index is 12.9. The number of aryl methyl sites for hydroxylation is 1. The minimum Gasteiger partial charge on any atom is -0.252 e. The molecule has 0 amide bonds. The van der Waals surface area contributed by atoms with Crippen LogP contribution in [0.15, 0.2) is 47.1 Å². The Bertz CT molecular complexity index is 736. The first-order valence-electron chi connectivity index (χ1n) is 5.99. The summed E-state index contributed by atoms with van der Waals surface area (Å²) in [6.07, 6.45) is 1.22. The first kappa shape index (κ1) is 13.4. The molecule has 20 heavy (non-hydrogen) atoms. The molecule has 0 aliphatic carbocycles. The fourth-order valence-corrected chi connectivity index (χ4v) is 3.06. The number of hydrogen-bond donors (Lipinski definition) is 0. The highest BCUT2D eigenvalue weighted by molar-refractivity contribution is 9.10. The van der Waals surface area contributed by atoms with Crippen molar-refractivity contribution in [1.29, 1.82) is 0 Å². The van der Waals surface area contributed by atoms with Gasteiger partial charge in [0.2, 0.25) is 0 Å². The Morgan fingerprint density at radius 1 is 1.10 bits per heavy atom. The van der Waals surface area contributed by atoms with Gasteiger partial charge in [0.1, 0.15) is 16.5 Å². The molecule has 0 aliphatic heterocycles. The zero-order valence-electron chi connectivity index (χ0n) is 10.6. The average molecular weight is 349 g/mol. The minimum absolute atomic E-state index is 0.338. The molecular formula is C15H10BrFN2S. The normalized spacial score (nSPS) is 10.8. The number of aromatic nitrogens is 2. The summed E-state index contributed by atoms with van der Waals surface area (Å²) >= 11 is 5.03. The highest BCUT2D eigenvalue weighted by atomic mass is 79.9. The third kappa shape index (κ3) is 2.64. The van der Waals surface area contributed by atoms with Crippen LogP contribution < -0.4 is 0 Å². The third-order valence-corrected chi connectivity index (χ3v) is 4.41. The highest BCUT2D eigenvalue weighted by Gasteiger charge is 2.12. The van der Waals surface area contributed by atoms with Gasteiger partial charge in [-0.1, -0.05) is 28.1 Å². The van der Waals surface area contributed by atoms with Crippen molar-refractivity contribution in [3.8, 4) is 22.0 Å². The second-order valence-electron chi connectivity index (χ2n) is 4.29. The van der Waals surface area contributed by atoms with Crippen LogP contribution in [0.5, 0.6) is 0 Å². The second kappa shape index (κ2) is 5.42. The van der Waals surface area contributed by atoms with E-state index in [9.17, 15) is 4.39 Å². The molecule has 3 aromatic rings. The zero-order chi connectivity index (χ0) is 14.1. The van der Waals surface area contributed by atoms with E-state index in [-0.39, 0.29) is 5.82 Å². The molecule has 2 aromatic heterocycles. The van der Waals surface area contributed by atoms with Gasteiger partial charge in [-0.3, -0.25) is 4.98 Å². The van der Waals surface area contributed by atoms with Gasteiger partial charge in [0.15, 0.2) is 0 Å². The summed E-state index contributed by atoms with van der Waals surface area (Å²) in [5.41, 5.74) is 2.58. The molecule has 0 spiro atoms. The number of thiazole rings is 1. The number of benzene rings is 1. The first-order chi connectivity index (χ1) is 9.63.